The highest BCUT2D eigenvalue weighted by atomic mass is 16.6. The summed E-state index contributed by atoms with van der Waals surface area (Å²) in [5, 5.41) is 22.7. The molecule has 0 heterocycles. The third-order valence-corrected chi connectivity index (χ3v) is 3.71. The molecule has 1 amide bonds. The number of amides is 1. The number of hydrogen-bond acceptors (Lipinski definition) is 5. The van der Waals surface area contributed by atoms with Crippen LogP contribution in [0.25, 0.3) is 0 Å². The molecule has 0 spiro atoms. The average Bonchev–Trinajstić information content (AvgIpc) is 2.50. The van der Waals surface area contributed by atoms with Crippen LogP contribution in [-0.2, 0) is 9.59 Å². The van der Waals surface area contributed by atoms with Crippen molar-refractivity contribution in [2.24, 2.45) is 0 Å². The molecule has 0 saturated carbocycles. The summed E-state index contributed by atoms with van der Waals surface area (Å²) >= 11 is 0. The van der Waals surface area contributed by atoms with Gasteiger partial charge in [-0.1, -0.05) is 0 Å². The maximum atomic E-state index is 12.0. The van der Waals surface area contributed by atoms with Crippen LogP contribution in [0.3, 0.4) is 0 Å². The Morgan fingerprint density at radius 2 is 1.87 bits per heavy atom. The van der Waals surface area contributed by atoms with Crippen molar-refractivity contribution in [3.05, 3.63) is 34.4 Å². The van der Waals surface area contributed by atoms with Crippen LogP contribution in [0.5, 0.6) is 0 Å². The first kappa shape index (κ1) is 18.4. The van der Waals surface area contributed by atoms with Crippen LogP contribution in [-0.4, -0.2) is 45.9 Å². The van der Waals surface area contributed by atoms with E-state index in [1.54, 1.807) is 12.1 Å². The first-order valence-electron chi connectivity index (χ1n) is 7.14. The van der Waals surface area contributed by atoms with E-state index in [1.165, 1.54) is 37.9 Å². The molecule has 0 aliphatic rings. The van der Waals surface area contributed by atoms with Crippen molar-refractivity contribution in [2.45, 2.75) is 32.2 Å². The van der Waals surface area contributed by atoms with Crippen molar-refractivity contribution < 1.29 is 19.6 Å². The lowest BCUT2D eigenvalue weighted by Crippen LogP contribution is -2.50. The van der Waals surface area contributed by atoms with Gasteiger partial charge in [-0.3, -0.25) is 14.9 Å². The van der Waals surface area contributed by atoms with E-state index in [0.29, 0.717) is 13.0 Å². The van der Waals surface area contributed by atoms with Crippen molar-refractivity contribution in [1.82, 2.24) is 4.90 Å². The number of aliphatic carboxylic acids is 1. The zero-order valence-corrected chi connectivity index (χ0v) is 13.4. The summed E-state index contributed by atoms with van der Waals surface area (Å²) in [4.78, 5) is 34.4. The number of rotatable bonds is 8. The maximum absolute atomic E-state index is 12.0. The largest absolute Gasteiger partial charge is 0.480 e. The average molecular weight is 323 g/mol. The maximum Gasteiger partial charge on any atom is 0.329 e. The molecule has 2 N–H and O–H groups in total. The molecule has 1 rings (SSSR count). The topological polar surface area (TPSA) is 113 Å². The molecule has 1 aromatic carbocycles. The molecule has 0 unspecified atom stereocenters. The smallest absolute Gasteiger partial charge is 0.329 e. The predicted molar refractivity (Wildman–Crippen MR) is 85.3 cm³/mol. The summed E-state index contributed by atoms with van der Waals surface area (Å²) in [7, 11) is 1.47. The molecule has 126 valence electrons. The third-order valence-electron chi connectivity index (χ3n) is 3.71. The number of nitro benzene ring substituents is 1. The summed E-state index contributed by atoms with van der Waals surface area (Å²) in [6.45, 7) is 3.45. The Bertz CT molecular complexity index is 583. The summed E-state index contributed by atoms with van der Waals surface area (Å²) < 4.78 is 0. The van der Waals surface area contributed by atoms with Gasteiger partial charge in [-0.05, 0) is 32.4 Å². The van der Waals surface area contributed by atoms with E-state index >= 15 is 0 Å². The number of anilines is 1. The zero-order valence-electron chi connectivity index (χ0n) is 13.4. The van der Waals surface area contributed by atoms with Gasteiger partial charge in [0, 0.05) is 37.8 Å². The number of non-ortho nitro benzene ring substituents is 1. The fraction of sp³-hybridized carbons (Fsp3) is 0.467. The predicted octanol–water partition coefficient (Wildman–Crippen LogP) is 2.11. The fourth-order valence-corrected chi connectivity index (χ4v) is 1.80. The van der Waals surface area contributed by atoms with E-state index in [9.17, 15) is 19.7 Å². The number of nitrogens with one attached hydrogen (secondary N) is 1. The molecule has 0 aliphatic carbocycles. The number of carboxylic acids is 1. The molecule has 1 aromatic rings. The zero-order chi connectivity index (χ0) is 17.6. The second kappa shape index (κ2) is 7.57. The SMILES string of the molecule is CN(C(=O)CCCNc1ccc([N+](=O)[O-])cc1)C(C)(C)C(=O)O. The summed E-state index contributed by atoms with van der Waals surface area (Å²) in [5.41, 5.74) is -0.506. The quantitative estimate of drug-likeness (QED) is 0.430. The standard InChI is InChI=1S/C15H21N3O5/c1-15(2,14(20)21)17(3)13(19)5-4-10-16-11-6-8-12(9-7-11)18(22)23/h6-9,16H,4-5,10H2,1-3H3,(H,20,21). The van der Waals surface area contributed by atoms with Crippen LogP contribution in [0.15, 0.2) is 24.3 Å². The Kier molecular flexibility index (Phi) is 6.06. The van der Waals surface area contributed by atoms with E-state index in [0.717, 1.165) is 5.69 Å². The van der Waals surface area contributed by atoms with Crippen LogP contribution >= 0.6 is 0 Å². The molecule has 0 atom stereocenters. The van der Waals surface area contributed by atoms with Gasteiger partial charge >= 0.3 is 5.97 Å². The van der Waals surface area contributed by atoms with Gasteiger partial charge in [0.1, 0.15) is 5.54 Å². The number of likely N-dealkylation sites (N-methyl/N-ethyl adjacent to an activating group) is 1. The highest BCUT2D eigenvalue weighted by Crippen LogP contribution is 2.16. The monoisotopic (exact) mass is 323 g/mol. The molecule has 0 aliphatic heterocycles. The van der Waals surface area contributed by atoms with Gasteiger partial charge in [0.25, 0.3) is 5.69 Å². The molecular formula is C15H21N3O5. The number of benzene rings is 1. The minimum absolute atomic E-state index is 0.0169. The van der Waals surface area contributed by atoms with Gasteiger partial charge in [0.2, 0.25) is 5.91 Å². The van der Waals surface area contributed by atoms with Crippen molar-refractivity contribution in [1.29, 1.82) is 0 Å². The molecule has 0 fully saturated rings. The van der Waals surface area contributed by atoms with Gasteiger partial charge in [0.15, 0.2) is 0 Å². The molecule has 23 heavy (non-hydrogen) atoms. The van der Waals surface area contributed by atoms with Gasteiger partial charge in [-0.2, -0.15) is 0 Å². The van der Waals surface area contributed by atoms with E-state index in [1.807, 2.05) is 0 Å². The first-order chi connectivity index (χ1) is 10.7. The Morgan fingerprint density at radius 1 is 1.30 bits per heavy atom. The van der Waals surface area contributed by atoms with E-state index < -0.39 is 16.4 Å². The Labute approximate surface area is 134 Å². The van der Waals surface area contributed by atoms with Crippen molar-refractivity contribution in [2.75, 3.05) is 18.9 Å². The van der Waals surface area contributed by atoms with Crippen LogP contribution in [0.4, 0.5) is 11.4 Å². The van der Waals surface area contributed by atoms with Crippen LogP contribution < -0.4 is 5.32 Å². The van der Waals surface area contributed by atoms with Crippen molar-refractivity contribution >= 4 is 23.3 Å². The Balaban J connectivity index is 2.41. The first-order valence-corrected chi connectivity index (χ1v) is 7.14. The third kappa shape index (κ3) is 4.94. The molecule has 0 bridgehead atoms. The van der Waals surface area contributed by atoms with Crippen LogP contribution in [0.2, 0.25) is 0 Å². The minimum Gasteiger partial charge on any atom is -0.480 e. The molecule has 8 nitrogen and oxygen atoms in total. The number of nitrogens with zero attached hydrogens (tertiary/aromatic N) is 2. The second-order valence-electron chi connectivity index (χ2n) is 5.65. The lowest BCUT2D eigenvalue weighted by molar-refractivity contribution is -0.384. The number of nitro groups is 1. The van der Waals surface area contributed by atoms with Crippen LogP contribution in [0.1, 0.15) is 26.7 Å². The van der Waals surface area contributed by atoms with Gasteiger partial charge < -0.3 is 15.3 Å². The van der Waals surface area contributed by atoms with Crippen molar-refractivity contribution in [3.63, 3.8) is 0 Å². The molecular weight excluding hydrogens is 302 g/mol. The van der Waals surface area contributed by atoms with E-state index in [-0.39, 0.29) is 18.0 Å². The lowest BCUT2D eigenvalue weighted by atomic mass is 10.0. The number of carboxylic acid groups (broad SMARTS) is 1. The lowest BCUT2D eigenvalue weighted by Gasteiger charge is -2.31. The number of carbonyl (C=O) groups is 2. The highest BCUT2D eigenvalue weighted by Gasteiger charge is 2.34. The molecule has 8 heteroatoms. The summed E-state index contributed by atoms with van der Waals surface area (Å²) in [6, 6.07) is 5.99. The number of carbonyl (C=O) groups excluding carboxylic acids is 1. The molecule has 0 aromatic heterocycles. The molecule has 0 saturated heterocycles. The fourth-order valence-electron chi connectivity index (χ4n) is 1.80. The highest BCUT2D eigenvalue weighted by molar-refractivity contribution is 5.86. The van der Waals surface area contributed by atoms with Crippen molar-refractivity contribution in [3.8, 4) is 0 Å². The van der Waals surface area contributed by atoms with Crippen LogP contribution in [0, 0.1) is 10.1 Å². The van der Waals surface area contributed by atoms with Gasteiger partial charge in [-0.15, -0.1) is 0 Å². The number of hydrogen-bond donors (Lipinski definition) is 2. The second-order valence-corrected chi connectivity index (χ2v) is 5.65. The van der Waals surface area contributed by atoms with Gasteiger partial charge in [-0.25, -0.2) is 4.79 Å². The Morgan fingerprint density at radius 3 is 2.35 bits per heavy atom. The minimum atomic E-state index is -1.25. The summed E-state index contributed by atoms with van der Waals surface area (Å²) in [5.74, 6) is -1.31. The van der Waals surface area contributed by atoms with E-state index in [2.05, 4.69) is 5.32 Å². The molecule has 0 radical (unpaired) electrons. The van der Waals surface area contributed by atoms with Gasteiger partial charge in [0.05, 0.1) is 4.92 Å². The normalized spacial score (nSPS) is 10.9. The summed E-state index contributed by atoms with van der Waals surface area (Å²) in [6.07, 6.45) is 0.739. The Hall–Kier alpha value is -2.64. The van der Waals surface area contributed by atoms with E-state index in [4.69, 9.17) is 5.11 Å².